The third kappa shape index (κ3) is 3.07. The van der Waals surface area contributed by atoms with Crippen molar-refractivity contribution >= 4 is 34.3 Å². The van der Waals surface area contributed by atoms with Gasteiger partial charge in [-0.25, -0.2) is 4.79 Å². The maximum atomic E-state index is 13.6. The van der Waals surface area contributed by atoms with Crippen molar-refractivity contribution in [3.05, 3.63) is 46.1 Å². The minimum Gasteiger partial charge on any atom is -0.451 e. The molecule has 3 heterocycles. The number of nitrogens with one attached hydrogen (secondary N) is 1. The van der Waals surface area contributed by atoms with E-state index in [0.29, 0.717) is 35.8 Å². The molecular weight excluding hydrogens is 534 g/mol. The lowest BCUT2D eigenvalue weighted by Crippen LogP contribution is -2.74. The zero-order valence-corrected chi connectivity index (χ0v) is 24.3. The van der Waals surface area contributed by atoms with E-state index in [1.165, 1.54) is 30.9 Å². The molecule has 214 valence electrons. The van der Waals surface area contributed by atoms with Gasteiger partial charge in [0.05, 0.1) is 12.2 Å². The number of halogens is 1. The molecule has 1 aromatic heterocycles. The van der Waals surface area contributed by atoms with E-state index in [-0.39, 0.29) is 12.4 Å². The summed E-state index contributed by atoms with van der Waals surface area (Å²) >= 11 is 6.32. The number of carbonyl (C=O) groups is 2. The predicted octanol–water partition coefficient (Wildman–Crippen LogP) is 4.27. The lowest BCUT2D eigenvalue weighted by atomic mass is 9.42. The molecule has 3 fully saturated rings. The highest BCUT2D eigenvalue weighted by atomic mass is 35.5. The fourth-order valence-corrected chi connectivity index (χ4v) is 8.86. The van der Waals surface area contributed by atoms with Crippen molar-refractivity contribution in [1.82, 2.24) is 4.98 Å². The molecule has 7 rings (SSSR count). The van der Waals surface area contributed by atoms with Crippen molar-refractivity contribution < 1.29 is 34.0 Å². The molecule has 2 aromatic rings. The van der Waals surface area contributed by atoms with Crippen molar-refractivity contribution in [3.63, 3.8) is 0 Å². The second-order valence-corrected chi connectivity index (χ2v) is 14.2. The molecule has 9 heteroatoms. The normalized spacial score (nSPS) is 42.0. The summed E-state index contributed by atoms with van der Waals surface area (Å²) in [6, 6.07) is 5.95. The number of H-pyrrole nitrogens is 1. The average molecular weight is 570 g/mol. The van der Waals surface area contributed by atoms with Crippen molar-refractivity contribution in [3.8, 4) is 0 Å². The minimum atomic E-state index is -1.74. The number of rotatable bonds is 2. The Morgan fingerprint density at radius 1 is 1.20 bits per heavy atom. The number of benzene rings is 1. The molecule has 3 aliphatic carbocycles. The fraction of sp³-hybridized carbons (Fsp3) is 0.613. The average Bonchev–Trinajstić information content (AvgIpc) is 3.37. The number of fused-ring (bicyclic) bond motifs is 9. The van der Waals surface area contributed by atoms with Crippen molar-refractivity contribution in [1.29, 1.82) is 0 Å². The van der Waals surface area contributed by atoms with Crippen LogP contribution < -0.4 is 0 Å². The summed E-state index contributed by atoms with van der Waals surface area (Å²) in [6.07, 6.45) is 3.62. The number of ketones is 1. The van der Waals surface area contributed by atoms with Gasteiger partial charge in [-0.1, -0.05) is 31.5 Å². The highest BCUT2D eigenvalue weighted by Gasteiger charge is 2.74. The van der Waals surface area contributed by atoms with Crippen LogP contribution in [0.4, 0.5) is 0 Å². The lowest BCUT2D eigenvalue weighted by molar-refractivity contribution is -0.351. The first-order valence-electron chi connectivity index (χ1n) is 14.2. The van der Waals surface area contributed by atoms with Crippen molar-refractivity contribution in [2.45, 2.75) is 101 Å². The SMILES string of the molecule is CC(C)(O)C(=O)O[C@]1(C)CO[C@@]23CC[C@@]4(C)[C@@]5(C)c6[nH]c7cc(Cl)ccc7c6C[C@H]5CC[C@]4(O)C2=CC(=O)[C@H]1O3. The number of aromatic nitrogens is 1. The number of aromatic amines is 1. The van der Waals surface area contributed by atoms with Crippen LogP contribution in [0.5, 0.6) is 0 Å². The standard InChI is InChI=1S/C31H36ClNO7/c1-26(2,36)25(35)40-27(3)15-38-31-11-10-28(4)29(5)16(8-9-30(28,37)22(31)14-21(34)24(27)39-31)12-19-18-7-6-17(32)13-20(18)33-23(19)29/h6-7,13-14,16,24,33,36-37H,8-12,15H2,1-5H3/t16-,24-,27-,28+,29-,30+,31-/m1/s1. The molecule has 2 aliphatic heterocycles. The van der Waals surface area contributed by atoms with E-state index in [0.717, 1.165) is 24.1 Å². The van der Waals surface area contributed by atoms with Crippen LogP contribution in [-0.4, -0.2) is 62.3 Å². The summed E-state index contributed by atoms with van der Waals surface area (Å²) in [5.41, 5.74) is -1.63. The summed E-state index contributed by atoms with van der Waals surface area (Å²) in [6.45, 7) is 8.55. The Kier molecular flexibility index (Phi) is 5.18. The zero-order chi connectivity index (χ0) is 28.7. The van der Waals surface area contributed by atoms with Gasteiger partial charge in [-0.05, 0) is 76.1 Å². The van der Waals surface area contributed by atoms with Crippen LogP contribution in [0.25, 0.3) is 10.9 Å². The van der Waals surface area contributed by atoms with E-state index < -0.39 is 45.5 Å². The van der Waals surface area contributed by atoms with Crippen molar-refractivity contribution in [2.75, 3.05) is 6.61 Å². The van der Waals surface area contributed by atoms with Gasteiger partial charge < -0.3 is 29.4 Å². The van der Waals surface area contributed by atoms with Gasteiger partial charge in [0.25, 0.3) is 0 Å². The van der Waals surface area contributed by atoms with Crippen LogP contribution in [0.15, 0.2) is 29.8 Å². The molecule has 5 aliphatic rings. The van der Waals surface area contributed by atoms with E-state index >= 15 is 0 Å². The molecule has 0 amide bonds. The highest BCUT2D eigenvalue weighted by molar-refractivity contribution is 6.31. The largest absolute Gasteiger partial charge is 0.451 e. The van der Waals surface area contributed by atoms with Crippen LogP contribution in [0.2, 0.25) is 5.02 Å². The molecule has 0 radical (unpaired) electrons. The Bertz CT molecular complexity index is 1520. The van der Waals surface area contributed by atoms with Gasteiger partial charge in [0.15, 0.2) is 28.9 Å². The first-order valence-corrected chi connectivity index (χ1v) is 14.5. The van der Waals surface area contributed by atoms with Gasteiger partial charge in [0.2, 0.25) is 0 Å². The summed E-state index contributed by atoms with van der Waals surface area (Å²) < 4.78 is 18.4. The van der Waals surface area contributed by atoms with Gasteiger partial charge >= 0.3 is 5.97 Å². The Balaban J connectivity index is 1.31. The third-order valence-corrected chi connectivity index (χ3v) is 11.4. The van der Waals surface area contributed by atoms with E-state index in [9.17, 15) is 19.8 Å². The fourth-order valence-electron chi connectivity index (χ4n) is 8.69. The molecule has 40 heavy (non-hydrogen) atoms. The Labute approximate surface area is 238 Å². The monoisotopic (exact) mass is 569 g/mol. The van der Waals surface area contributed by atoms with E-state index in [1.807, 2.05) is 12.1 Å². The van der Waals surface area contributed by atoms with Gasteiger partial charge in [-0.15, -0.1) is 0 Å². The smallest absolute Gasteiger partial charge is 0.338 e. The van der Waals surface area contributed by atoms with Crippen LogP contribution in [0, 0.1) is 11.3 Å². The second-order valence-electron chi connectivity index (χ2n) is 13.8. The first kappa shape index (κ1) is 26.7. The van der Waals surface area contributed by atoms with Crippen LogP contribution in [0.1, 0.15) is 71.6 Å². The number of ether oxygens (including phenoxy) is 3. The predicted molar refractivity (Wildman–Crippen MR) is 147 cm³/mol. The maximum Gasteiger partial charge on any atom is 0.338 e. The highest BCUT2D eigenvalue weighted by Crippen LogP contribution is 2.71. The number of hydrogen-bond acceptors (Lipinski definition) is 7. The molecule has 1 saturated heterocycles. The molecule has 2 bridgehead atoms. The number of esters is 1. The molecule has 1 spiro atoms. The molecule has 0 unspecified atom stereocenters. The van der Waals surface area contributed by atoms with Gasteiger partial charge in [0.1, 0.15) is 0 Å². The van der Waals surface area contributed by atoms with E-state index in [2.05, 4.69) is 24.9 Å². The lowest BCUT2D eigenvalue weighted by Gasteiger charge is -2.67. The van der Waals surface area contributed by atoms with Gasteiger partial charge in [0, 0.05) is 44.4 Å². The van der Waals surface area contributed by atoms with E-state index in [4.69, 9.17) is 25.8 Å². The summed E-state index contributed by atoms with van der Waals surface area (Å²) in [5, 5.41) is 24.8. The Morgan fingerprint density at radius 3 is 2.67 bits per heavy atom. The first-order chi connectivity index (χ1) is 18.6. The molecule has 8 nitrogen and oxygen atoms in total. The van der Waals surface area contributed by atoms with Gasteiger partial charge in [-0.2, -0.15) is 0 Å². The second kappa shape index (κ2) is 7.78. The Hall–Kier alpha value is -2.23. The number of aliphatic hydroxyl groups is 2. The summed E-state index contributed by atoms with van der Waals surface area (Å²) in [5.74, 6) is -2.19. The summed E-state index contributed by atoms with van der Waals surface area (Å²) in [4.78, 5) is 29.9. The topological polar surface area (TPSA) is 118 Å². The maximum absolute atomic E-state index is 13.6. The van der Waals surface area contributed by atoms with Crippen LogP contribution >= 0.6 is 11.6 Å². The van der Waals surface area contributed by atoms with Crippen LogP contribution in [0.3, 0.4) is 0 Å². The summed E-state index contributed by atoms with van der Waals surface area (Å²) in [7, 11) is 0. The third-order valence-electron chi connectivity index (χ3n) is 11.2. The molecular formula is C31H36ClNO7. The van der Waals surface area contributed by atoms with E-state index in [1.54, 1.807) is 6.92 Å². The quantitative estimate of drug-likeness (QED) is 0.462. The number of hydrogen-bond donors (Lipinski definition) is 3. The molecule has 1 aromatic carbocycles. The van der Waals surface area contributed by atoms with Gasteiger partial charge in [-0.3, -0.25) is 4.79 Å². The minimum absolute atomic E-state index is 0.0951. The molecule has 7 atom stereocenters. The Morgan fingerprint density at radius 2 is 1.95 bits per heavy atom. The zero-order valence-electron chi connectivity index (χ0n) is 23.5. The molecule has 3 N–H and O–H groups in total. The van der Waals surface area contributed by atoms with Crippen LogP contribution in [-0.2, 0) is 35.6 Å². The van der Waals surface area contributed by atoms with Crippen molar-refractivity contribution in [2.24, 2.45) is 11.3 Å². The number of carbonyl (C=O) groups excluding carboxylic acids is 2. The molecule has 2 saturated carbocycles.